The molecule has 0 N–H and O–H groups in total. The van der Waals surface area contributed by atoms with Gasteiger partial charge >= 0.3 is 0 Å². The van der Waals surface area contributed by atoms with Crippen LogP contribution in [0.5, 0.6) is 11.5 Å². The molecule has 1 atom stereocenters. The van der Waals surface area contributed by atoms with Gasteiger partial charge in [0.25, 0.3) is 0 Å². The van der Waals surface area contributed by atoms with Gasteiger partial charge in [0.2, 0.25) is 6.10 Å². The number of nitrogens with zero attached hydrogens (tertiary/aromatic N) is 1. The zero-order valence-electron chi connectivity index (χ0n) is 9.04. The topological polar surface area (TPSA) is 52.9 Å². The first-order chi connectivity index (χ1) is 8.29. The summed E-state index contributed by atoms with van der Waals surface area (Å²) in [6.07, 6.45) is -1.37. The minimum Gasteiger partial charge on any atom is -0.457 e. The van der Waals surface area contributed by atoms with Gasteiger partial charge in [-0.1, -0.05) is 30.3 Å². The van der Waals surface area contributed by atoms with Gasteiger partial charge in [0.1, 0.15) is 17.6 Å². The molecule has 83 valence electrons. The van der Waals surface area contributed by atoms with Crippen molar-refractivity contribution in [3.05, 3.63) is 60.2 Å². The summed E-state index contributed by atoms with van der Waals surface area (Å²) in [5, 5.41) is 19.9. The molecule has 1 radical (unpaired) electrons. The molecule has 2 aromatic rings. The second-order valence-electron chi connectivity index (χ2n) is 3.50. The molecule has 0 amide bonds. The average molecular weight is 224 g/mol. The maximum Gasteiger partial charge on any atom is 0.204 e. The summed E-state index contributed by atoms with van der Waals surface area (Å²) in [4.78, 5) is 0. The smallest absolute Gasteiger partial charge is 0.204 e. The van der Waals surface area contributed by atoms with E-state index in [9.17, 15) is 5.11 Å². The lowest BCUT2D eigenvalue weighted by Gasteiger charge is -2.07. The SMILES string of the molecule is N#CC([O])c1cccc(Oc2ccccc2)c1. The lowest BCUT2D eigenvalue weighted by Crippen LogP contribution is -1.92. The second-order valence-corrected chi connectivity index (χ2v) is 3.50. The largest absolute Gasteiger partial charge is 0.457 e. The highest BCUT2D eigenvalue weighted by atomic mass is 16.5. The van der Waals surface area contributed by atoms with Crippen molar-refractivity contribution >= 4 is 0 Å². The van der Waals surface area contributed by atoms with Gasteiger partial charge in [-0.2, -0.15) is 5.26 Å². The van der Waals surface area contributed by atoms with Gasteiger partial charge in [0.15, 0.2) is 0 Å². The Balaban J connectivity index is 2.20. The third-order valence-electron chi connectivity index (χ3n) is 2.26. The highest BCUT2D eigenvalue weighted by Gasteiger charge is 2.08. The van der Waals surface area contributed by atoms with E-state index in [4.69, 9.17) is 10.00 Å². The number of para-hydroxylation sites is 1. The second kappa shape index (κ2) is 5.15. The Morgan fingerprint density at radius 3 is 2.41 bits per heavy atom. The molecule has 17 heavy (non-hydrogen) atoms. The molecule has 0 saturated carbocycles. The van der Waals surface area contributed by atoms with Crippen molar-refractivity contribution in [3.63, 3.8) is 0 Å². The fraction of sp³-hybridized carbons (Fsp3) is 0.0714. The molecule has 1 unspecified atom stereocenters. The number of benzene rings is 2. The fourth-order valence-electron chi connectivity index (χ4n) is 1.44. The maximum absolute atomic E-state index is 11.3. The van der Waals surface area contributed by atoms with Crippen molar-refractivity contribution < 1.29 is 9.84 Å². The molecule has 2 rings (SSSR count). The van der Waals surface area contributed by atoms with Crippen LogP contribution in [-0.2, 0) is 5.11 Å². The first kappa shape index (κ1) is 11.2. The van der Waals surface area contributed by atoms with Gasteiger partial charge in [0.05, 0.1) is 0 Å². The molecule has 0 aliphatic rings. The van der Waals surface area contributed by atoms with Crippen LogP contribution in [0.4, 0.5) is 0 Å². The summed E-state index contributed by atoms with van der Waals surface area (Å²) in [5.41, 5.74) is 0.418. The first-order valence-corrected chi connectivity index (χ1v) is 5.18. The van der Waals surface area contributed by atoms with Crippen LogP contribution in [0.25, 0.3) is 0 Å². The fourth-order valence-corrected chi connectivity index (χ4v) is 1.44. The summed E-state index contributed by atoms with van der Waals surface area (Å²) in [5.74, 6) is 1.26. The predicted octanol–water partition coefficient (Wildman–Crippen LogP) is 3.47. The van der Waals surface area contributed by atoms with E-state index in [1.165, 1.54) is 0 Å². The predicted molar refractivity (Wildman–Crippen MR) is 62.0 cm³/mol. The Hall–Kier alpha value is -2.31. The molecule has 0 spiro atoms. The van der Waals surface area contributed by atoms with Gasteiger partial charge < -0.3 is 4.74 Å². The van der Waals surface area contributed by atoms with Crippen molar-refractivity contribution in [2.24, 2.45) is 0 Å². The average Bonchev–Trinajstić information content (AvgIpc) is 2.39. The molecule has 0 heterocycles. The third kappa shape index (κ3) is 2.83. The quantitative estimate of drug-likeness (QED) is 0.801. The molecule has 3 heteroatoms. The van der Waals surface area contributed by atoms with Crippen LogP contribution >= 0.6 is 0 Å². The van der Waals surface area contributed by atoms with E-state index in [2.05, 4.69) is 0 Å². The van der Waals surface area contributed by atoms with Crippen LogP contribution in [0, 0.1) is 11.3 Å². The normalized spacial score (nSPS) is 11.5. The molecule has 3 nitrogen and oxygen atoms in total. The van der Waals surface area contributed by atoms with Crippen LogP contribution in [0.3, 0.4) is 0 Å². The van der Waals surface area contributed by atoms with E-state index in [-0.39, 0.29) is 0 Å². The summed E-state index contributed by atoms with van der Waals surface area (Å²) < 4.78 is 5.57. The van der Waals surface area contributed by atoms with Gasteiger partial charge in [-0.15, -0.1) is 0 Å². The molecule has 2 aromatic carbocycles. The zero-order chi connectivity index (χ0) is 12.1. The van der Waals surface area contributed by atoms with Crippen molar-refractivity contribution in [1.82, 2.24) is 0 Å². The van der Waals surface area contributed by atoms with Crippen LogP contribution < -0.4 is 4.74 Å². The van der Waals surface area contributed by atoms with Crippen molar-refractivity contribution in [2.75, 3.05) is 0 Å². The van der Waals surface area contributed by atoms with Crippen LogP contribution in [0.2, 0.25) is 0 Å². The molecular formula is C14H10NO2. The van der Waals surface area contributed by atoms with E-state index in [0.717, 1.165) is 0 Å². The molecule has 0 fully saturated rings. The molecule has 0 aromatic heterocycles. The Bertz CT molecular complexity index is 531. The minimum atomic E-state index is -1.37. The molecular weight excluding hydrogens is 214 g/mol. The Labute approximate surface area is 99.5 Å². The number of ether oxygens (including phenoxy) is 1. The van der Waals surface area contributed by atoms with Crippen molar-refractivity contribution in [1.29, 1.82) is 5.26 Å². The third-order valence-corrected chi connectivity index (χ3v) is 2.26. The van der Waals surface area contributed by atoms with Gasteiger partial charge in [-0.05, 0) is 24.3 Å². The van der Waals surface area contributed by atoms with E-state index in [1.54, 1.807) is 30.3 Å². The van der Waals surface area contributed by atoms with E-state index < -0.39 is 6.10 Å². The Morgan fingerprint density at radius 2 is 1.71 bits per heavy atom. The van der Waals surface area contributed by atoms with Crippen LogP contribution in [0.15, 0.2) is 54.6 Å². The van der Waals surface area contributed by atoms with Crippen LogP contribution in [0.1, 0.15) is 11.7 Å². The Kier molecular flexibility index (Phi) is 3.39. The minimum absolute atomic E-state index is 0.418. The van der Waals surface area contributed by atoms with Crippen LogP contribution in [-0.4, -0.2) is 0 Å². The van der Waals surface area contributed by atoms with Crippen molar-refractivity contribution in [3.8, 4) is 17.6 Å². The highest BCUT2D eigenvalue weighted by molar-refractivity contribution is 5.35. The number of hydrogen-bond acceptors (Lipinski definition) is 2. The van der Waals surface area contributed by atoms with E-state index in [0.29, 0.717) is 17.1 Å². The van der Waals surface area contributed by atoms with E-state index in [1.807, 2.05) is 30.3 Å². The molecule has 0 bridgehead atoms. The summed E-state index contributed by atoms with van der Waals surface area (Å²) in [6, 6.07) is 17.6. The van der Waals surface area contributed by atoms with Gasteiger partial charge in [-0.25, -0.2) is 5.11 Å². The standard InChI is InChI=1S/C14H10NO2/c15-10-14(16)11-5-4-8-13(9-11)17-12-6-2-1-3-7-12/h1-9,14H. The summed E-state index contributed by atoms with van der Waals surface area (Å²) in [6.45, 7) is 0. The molecule has 0 aliphatic heterocycles. The monoisotopic (exact) mass is 224 g/mol. The lowest BCUT2D eigenvalue weighted by molar-refractivity contribution is 0.137. The van der Waals surface area contributed by atoms with Crippen molar-refractivity contribution in [2.45, 2.75) is 6.10 Å². The number of hydrogen-bond donors (Lipinski definition) is 0. The summed E-state index contributed by atoms with van der Waals surface area (Å²) in [7, 11) is 0. The molecule has 0 saturated heterocycles. The van der Waals surface area contributed by atoms with Gasteiger partial charge in [0, 0.05) is 5.56 Å². The first-order valence-electron chi connectivity index (χ1n) is 5.18. The number of rotatable bonds is 3. The number of nitriles is 1. The summed E-state index contributed by atoms with van der Waals surface area (Å²) >= 11 is 0. The zero-order valence-corrected chi connectivity index (χ0v) is 9.04. The maximum atomic E-state index is 11.3. The van der Waals surface area contributed by atoms with E-state index >= 15 is 0 Å². The highest BCUT2D eigenvalue weighted by Crippen LogP contribution is 2.24. The lowest BCUT2D eigenvalue weighted by atomic mass is 10.1. The molecule has 0 aliphatic carbocycles. The van der Waals surface area contributed by atoms with Gasteiger partial charge in [-0.3, -0.25) is 0 Å². The Morgan fingerprint density at radius 1 is 1.00 bits per heavy atom.